The molecule has 3 unspecified atom stereocenters. The summed E-state index contributed by atoms with van der Waals surface area (Å²) in [6.45, 7) is 8.01. The van der Waals surface area contributed by atoms with Crippen LogP contribution in [-0.2, 0) is 14.4 Å². The van der Waals surface area contributed by atoms with Gasteiger partial charge in [-0.15, -0.1) is 18.3 Å². The largest absolute Gasteiger partial charge is 0.481 e. The molecule has 3 fully saturated rings. The standard InChI is InChI=1S/C20H30N2O5S/c1-4-6-12(3)21(9-5-2)18(25)16-20-8-7-13(28-20)14(19(26)27)15(20)17(24)22(16)10-11-23/h5,12-16,23H,2,4,6-11H2,1,3H3,(H,26,27)/t12?,13-,14+,15-,16?,20?/m0/s1. The van der Waals surface area contributed by atoms with Gasteiger partial charge in [0.2, 0.25) is 11.8 Å². The van der Waals surface area contributed by atoms with Crippen molar-refractivity contribution >= 4 is 29.5 Å². The summed E-state index contributed by atoms with van der Waals surface area (Å²) in [7, 11) is 0. The highest BCUT2D eigenvalue weighted by molar-refractivity contribution is 8.02. The Morgan fingerprint density at radius 1 is 1.50 bits per heavy atom. The highest BCUT2D eigenvalue weighted by atomic mass is 32.2. The zero-order valence-electron chi connectivity index (χ0n) is 16.5. The normalized spacial score (nSPS) is 34.4. The molecule has 2 bridgehead atoms. The second-order valence-electron chi connectivity index (χ2n) is 8.07. The van der Waals surface area contributed by atoms with Crippen molar-refractivity contribution in [2.45, 2.75) is 61.6 Å². The molecule has 2 amide bonds. The Hall–Kier alpha value is -1.54. The molecule has 0 aromatic carbocycles. The minimum atomic E-state index is -0.961. The Bertz CT molecular complexity index is 671. The quantitative estimate of drug-likeness (QED) is 0.557. The first kappa shape index (κ1) is 21.2. The molecule has 0 saturated carbocycles. The van der Waals surface area contributed by atoms with Crippen LogP contribution < -0.4 is 0 Å². The molecule has 3 rings (SSSR count). The first-order valence-corrected chi connectivity index (χ1v) is 10.9. The van der Waals surface area contributed by atoms with E-state index in [1.54, 1.807) is 11.0 Å². The molecule has 3 aliphatic heterocycles. The van der Waals surface area contributed by atoms with E-state index in [-0.39, 0.29) is 36.3 Å². The fraction of sp³-hybridized carbons (Fsp3) is 0.750. The number of aliphatic hydroxyl groups excluding tert-OH is 1. The molecule has 0 aromatic heterocycles. The van der Waals surface area contributed by atoms with Gasteiger partial charge in [-0.2, -0.15) is 0 Å². The van der Waals surface area contributed by atoms with E-state index in [0.717, 1.165) is 12.8 Å². The van der Waals surface area contributed by atoms with Gasteiger partial charge in [-0.3, -0.25) is 14.4 Å². The Morgan fingerprint density at radius 3 is 2.79 bits per heavy atom. The molecular weight excluding hydrogens is 380 g/mol. The number of thioether (sulfide) groups is 1. The number of carboxylic acids is 1. The molecule has 0 aliphatic carbocycles. The number of carbonyl (C=O) groups excluding carboxylic acids is 2. The predicted octanol–water partition coefficient (Wildman–Crippen LogP) is 1.36. The number of nitrogens with zero attached hydrogens (tertiary/aromatic N) is 2. The Labute approximate surface area is 170 Å². The number of likely N-dealkylation sites (tertiary alicyclic amines) is 1. The molecule has 2 N–H and O–H groups in total. The maximum absolute atomic E-state index is 13.7. The van der Waals surface area contributed by atoms with Crippen molar-refractivity contribution in [1.82, 2.24) is 9.80 Å². The van der Waals surface area contributed by atoms with Crippen LogP contribution in [0, 0.1) is 11.8 Å². The average Bonchev–Trinajstić information content (AvgIpc) is 3.28. The van der Waals surface area contributed by atoms with Crippen LogP contribution in [0.5, 0.6) is 0 Å². The Morgan fingerprint density at radius 2 is 2.21 bits per heavy atom. The van der Waals surface area contributed by atoms with E-state index in [9.17, 15) is 24.6 Å². The lowest BCUT2D eigenvalue weighted by Gasteiger charge is -2.39. The average molecular weight is 411 g/mol. The minimum Gasteiger partial charge on any atom is -0.481 e. The fourth-order valence-electron chi connectivity index (χ4n) is 5.42. The summed E-state index contributed by atoms with van der Waals surface area (Å²) < 4.78 is -0.706. The lowest BCUT2D eigenvalue weighted by atomic mass is 9.71. The zero-order valence-corrected chi connectivity index (χ0v) is 17.4. The van der Waals surface area contributed by atoms with Crippen LogP contribution >= 0.6 is 11.8 Å². The molecule has 0 aromatic rings. The number of hydrogen-bond acceptors (Lipinski definition) is 5. The lowest BCUT2D eigenvalue weighted by Crippen LogP contribution is -2.56. The van der Waals surface area contributed by atoms with Crippen LogP contribution in [0.2, 0.25) is 0 Å². The van der Waals surface area contributed by atoms with Crippen LogP contribution in [0.25, 0.3) is 0 Å². The van der Waals surface area contributed by atoms with Gasteiger partial charge in [0, 0.05) is 24.4 Å². The summed E-state index contributed by atoms with van der Waals surface area (Å²) in [4.78, 5) is 42.1. The fourth-order valence-corrected chi connectivity index (χ4v) is 7.63. The summed E-state index contributed by atoms with van der Waals surface area (Å²) in [5.74, 6) is -2.86. The monoisotopic (exact) mass is 410 g/mol. The Balaban J connectivity index is 2.01. The highest BCUT2D eigenvalue weighted by Gasteiger charge is 2.74. The number of carbonyl (C=O) groups is 3. The minimum absolute atomic E-state index is 0.00379. The van der Waals surface area contributed by atoms with Crippen LogP contribution in [0.4, 0.5) is 0 Å². The molecule has 156 valence electrons. The summed E-state index contributed by atoms with van der Waals surface area (Å²) in [5.41, 5.74) is 0. The van der Waals surface area contributed by atoms with Gasteiger partial charge in [0.05, 0.1) is 23.2 Å². The van der Waals surface area contributed by atoms with Crippen molar-refractivity contribution in [3.63, 3.8) is 0 Å². The van der Waals surface area contributed by atoms with Crippen LogP contribution in [0.15, 0.2) is 12.7 Å². The molecule has 0 radical (unpaired) electrons. The van der Waals surface area contributed by atoms with Crippen LogP contribution in [0.1, 0.15) is 39.5 Å². The van der Waals surface area contributed by atoms with Gasteiger partial charge in [0.1, 0.15) is 6.04 Å². The van der Waals surface area contributed by atoms with Crippen molar-refractivity contribution in [3.8, 4) is 0 Å². The number of hydrogen-bond donors (Lipinski definition) is 2. The predicted molar refractivity (Wildman–Crippen MR) is 107 cm³/mol. The summed E-state index contributed by atoms with van der Waals surface area (Å²) in [6, 6.07) is -0.730. The first-order valence-electron chi connectivity index (χ1n) is 10.1. The Kier molecular flexibility index (Phi) is 6.10. The van der Waals surface area contributed by atoms with Gasteiger partial charge < -0.3 is 20.0 Å². The second kappa shape index (κ2) is 8.06. The molecule has 8 heteroatoms. The number of aliphatic hydroxyl groups is 1. The number of β-amino-alcohol motifs (C(OH)–C–C–N with tert-alkyl or cyclic N) is 1. The molecule has 3 saturated heterocycles. The van der Waals surface area contributed by atoms with Gasteiger partial charge in [0.25, 0.3) is 0 Å². The smallest absolute Gasteiger partial charge is 0.308 e. The van der Waals surface area contributed by atoms with E-state index >= 15 is 0 Å². The van der Waals surface area contributed by atoms with E-state index in [0.29, 0.717) is 19.4 Å². The zero-order chi connectivity index (χ0) is 20.6. The summed E-state index contributed by atoms with van der Waals surface area (Å²) >= 11 is 1.52. The van der Waals surface area contributed by atoms with Crippen LogP contribution in [0.3, 0.4) is 0 Å². The number of rotatable bonds is 9. The second-order valence-corrected chi connectivity index (χ2v) is 9.67. The van der Waals surface area contributed by atoms with Gasteiger partial charge in [-0.05, 0) is 26.2 Å². The summed E-state index contributed by atoms with van der Waals surface area (Å²) in [5, 5.41) is 19.1. The van der Waals surface area contributed by atoms with Crippen molar-refractivity contribution in [2.24, 2.45) is 11.8 Å². The van der Waals surface area contributed by atoms with Gasteiger partial charge in [0.15, 0.2) is 0 Å². The molecule has 3 aliphatic rings. The van der Waals surface area contributed by atoms with Gasteiger partial charge >= 0.3 is 5.97 Å². The van der Waals surface area contributed by atoms with E-state index < -0.39 is 28.6 Å². The number of carboxylic acid groups (broad SMARTS) is 1. The molecular formula is C20H30N2O5S. The van der Waals surface area contributed by atoms with Crippen molar-refractivity contribution in [1.29, 1.82) is 0 Å². The van der Waals surface area contributed by atoms with E-state index in [1.165, 1.54) is 16.7 Å². The maximum atomic E-state index is 13.7. The van der Waals surface area contributed by atoms with E-state index in [1.807, 2.05) is 6.92 Å². The third kappa shape index (κ3) is 3.05. The van der Waals surface area contributed by atoms with E-state index in [2.05, 4.69) is 13.5 Å². The molecule has 28 heavy (non-hydrogen) atoms. The summed E-state index contributed by atoms with van der Waals surface area (Å²) in [6.07, 6.45) is 4.81. The first-order chi connectivity index (χ1) is 13.3. The topological polar surface area (TPSA) is 98.2 Å². The van der Waals surface area contributed by atoms with Gasteiger partial charge in [-0.1, -0.05) is 19.4 Å². The maximum Gasteiger partial charge on any atom is 0.308 e. The lowest BCUT2D eigenvalue weighted by molar-refractivity contribution is -0.148. The van der Waals surface area contributed by atoms with Gasteiger partial charge in [-0.25, -0.2) is 0 Å². The van der Waals surface area contributed by atoms with Crippen molar-refractivity contribution in [2.75, 3.05) is 19.7 Å². The molecule has 6 atom stereocenters. The van der Waals surface area contributed by atoms with Crippen molar-refractivity contribution < 1.29 is 24.6 Å². The van der Waals surface area contributed by atoms with E-state index in [4.69, 9.17) is 0 Å². The molecule has 3 heterocycles. The third-order valence-electron chi connectivity index (χ3n) is 6.51. The highest BCUT2D eigenvalue weighted by Crippen LogP contribution is 2.66. The van der Waals surface area contributed by atoms with Crippen LogP contribution in [-0.4, -0.2) is 79.6 Å². The molecule has 7 nitrogen and oxygen atoms in total. The molecule has 1 spiro atoms. The third-order valence-corrected chi connectivity index (χ3v) is 8.46. The van der Waals surface area contributed by atoms with Crippen molar-refractivity contribution in [3.05, 3.63) is 12.7 Å². The number of aliphatic carboxylic acids is 1. The number of amides is 2. The SMILES string of the molecule is C=CCN(C(=O)C1N(CCO)C(=O)[C@@H]2[C@H](C(=O)O)[C@@H]3CCC12S3)C(C)CCC. The number of fused-ring (bicyclic) bond motifs is 1.